The number of carbonyl (C=O) groups excluding carboxylic acids is 1. The molecule has 19 heavy (non-hydrogen) atoms. The summed E-state index contributed by atoms with van der Waals surface area (Å²) in [5.74, 6) is 2.29. The van der Waals surface area contributed by atoms with Gasteiger partial charge in [-0.05, 0) is 25.2 Å². The van der Waals surface area contributed by atoms with E-state index in [1.54, 1.807) is 6.33 Å². The van der Waals surface area contributed by atoms with Crippen LogP contribution in [0.3, 0.4) is 0 Å². The maximum Gasteiger partial charge on any atom is 0.225 e. The first-order chi connectivity index (χ1) is 9.24. The molecule has 1 aliphatic carbocycles. The van der Waals surface area contributed by atoms with Crippen LogP contribution >= 0.6 is 0 Å². The molecule has 5 nitrogen and oxygen atoms in total. The summed E-state index contributed by atoms with van der Waals surface area (Å²) in [6.07, 6.45) is 8.44. The van der Waals surface area contributed by atoms with E-state index in [9.17, 15) is 4.79 Å². The molecule has 5 heteroatoms. The number of hydrogen-bond acceptors (Lipinski definition) is 3. The Balaban J connectivity index is 1.55. The van der Waals surface area contributed by atoms with Crippen LogP contribution in [0.15, 0.2) is 6.33 Å². The van der Waals surface area contributed by atoms with Crippen LogP contribution in [0.2, 0.25) is 0 Å². The molecule has 0 spiro atoms. The Morgan fingerprint density at radius 2 is 2.16 bits per heavy atom. The second-order valence-corrected chi connectivity index (χ2v) is 5.98. The highest BCUT2D eigenvalue weighted by Gasteiger charge is 2.32. The van der Waals surface area contributed by atoms with Crippen LogP contribution in [-0.2, 0) is 18.3 Å². The number of aryl methyl sites for hydroxylation is 1. The van der Waals surface area contributed by atoms with Gasteiger partial charge in [-0.25, -0.2) is 0 Å². The van der Waals surface area contributed by atoms with Gasteiger partial charge in [-0.1, -0.05) is 12.8 Å². The first kappa shape index (κ1) is 12.6. The van der Waals surface area contributed by atoms with Crippen molar-refractivity contribution in [1.29, 1.82) is 0 Å². The summed E-state index contributed by atoms with van der Waals surface area (Å²) in [7, 11) is 1.98. The number of hydrogen-bond donors (Lipinski definition) is 0. The molecule has 0 bridgehead atoms. The molecule has 2 aliphatic rings. The summed E-state index contributed by atoms with van der Waals surface area (Å²) < 4.78 is 1.97. The summed E-state index contributed by atoms with van der Waals surface area (Å²) in [6, 6.07) is 0. The van der Waals surface area contributed by atoms with Gasteiger partial charge in [0.05, 0.1) is 0 Å². The predicted molar refractivity (Wildman–Crippen MR) is 71.4 cm³/mol. The third-order valence-corrected chi connectivity index (χ3v) is 4.58. The van der Waals surface area contributed by atoms with Crippen LogP contribution in [0.25, 0.3) is 0 Å². The average Bonchev–Trinajstić information content (AvgIpc) is 3.12. The Labute approximate surface area is 114 Å². The van der Waals surface area contributed by atoms with Crippen molar-refractivity contribution in [2.75, 3.05) is 13.1 Å². The number of likely N-dealkylation sites (tertiary alicyclic amines) is 1. The molecule has 2 fully saturated rings. The van der Waals surface area contributed by atoms with E-state index in [0.717, 1.165) is 44.6 Å². The maximum atomic E-state index is 12.4. The van der Waals surface area contributed by atoms with Gasteiger partial charge in [0.25, 0.3) is 0 Å². The Morgan fingerprint density at radius 1 is 1.37 bits per heavy atom. The molecule has 1 saturated carbocycles. The molecule has 2 heterocycles. The van der Waals surface area contributed by atoms with Crippen LogP contribution in [0.4, 0.5) is 0 Å². The number of aromatic nitrogens is 3. The molecule has 104 valence electrons. The first-order valence-corrected chi connectivity index (χ1v) is 7.35. The molecular weight excluding hydrogens is 240 g/mol. The van der Waals surface area contributed by atoms with Gasteiger partial charge in [-0.3, -0.25) is 4.79 Å². The van der Waals surface area contributed by atoms with Crippen molar-refractivity contribution >= 4 is 5.91 Å². The van der Waals surface area contributed by atoms with E-state index in [4.69, 9.17) is 0 Å². The molecule has 1 aromatic heterocycles. The molecule has 1 aromatic rings. The van der Waals surface area contributed by atoms with Gasteiger partial charge >= 0.3 is 0 Å². The van der Waals surface area contributed by atoms with Gasteiger partial charge in [-0.2, -0.15) is 0 Å². The van der Waals surface area contributed by atoms with Crippen molar-refractivity contribution in [3.05, 3.63) is 12.2 Å². The monoisotopic (exact) mass is 262 g/mol. The second-order valence-electron chi connectivity index (χ2n) is 5.98. The summed E-state index contributed by atoms with van der Waals surface area (Å²) in [6.45, 7) is 1.83. The van der Waals surface area contributed by atoms with E-state index in [-0.39, 0.29) is 0 Å². The Hall–Kier alpha value is -1.39. The average molecular weight is 262 g/mol. The SMILES string of the molecule is Cn1cnnc1CC1CCN(C(=O)C2CCCC2)C1. The van der Waals surface area contributed by atoms with Crippen LogP contribution in [0.1, 0.15) is 37.9 Å². The number of rotatable bonds is 3. The van der Waals surface area contributed by atoms with Crippen molar-refractivity contribution in [1.82, 2.24) is 19.7 Å². The zero-order valence-electron chi connectivity index (χ0n) is 11.6. The lowest BCUT2D eigenvalue weighted by Crippen LogP contribution is -2.33. The molecule has 1 amide bonds. The van der Waals surface area contributed by atoms with Crippen molar-refractivity contribution in [3.8, 4) is 0 Å². The predicted octanol–water partition coefficient (Wildman–Crippen LogP) is 1.40. The molecule has 1 unspecified atom stereocenters. The van der Waals surface area contributed by atoms with Crippen LogP contribution in [-0.4, -0.2) is 38.7 Å². The molecule has 1 atom stereocenters. The maximum absolute atomic E-state index is 12.4. The molecule has 0 radical (unpaired) electrons. The van der Waals surface area contributed by atoms with Gasteiger partial charge in [0.15, 0.2) is 0 Å². The minimum atomic E-state index is 0.313. The van der Waals surface area contributed by atoms with Crippen molar-refractivity contribution in [2.45, 2.75) is 38.5 Å². The minimum absolute atomic E-state index is 0.313. The Morgan fingerprint density at radius 3 is 2.84 bits per heavy atom. The van der Waals surface area contributed by atoms with Crippen molar-refractivity contribution < 1.29 is 4.79 Å². The Bertz CT molecular complexity index is 450. The highest BCUT2D eigenvalue weighted by atomic mass is 16.2. The van der Waals surface area contributed by atoms with E-state index >= 15 is 0 Å². The smallest absolute Gasteiger partial charge is 0.225 e. The summed E-state index contributed by atoms with van der Waals surface area (Å²) in [4.78, 5) is 14.4. The fourth-order valence-electron chi connectivity index (χ4n) is 3.38. The minimum Gasteiger partial charge on any atom is -0.342 e. The number of amides is 1. The molecule has 3 rings (SSSR count). The molecule has 0 aromatic carbocycles. The Kier molecular flexibility index (Phi) is 3.53. The van der Waals surface area contributed by atoms with E-state index in [1.807, 2.05) is 11.6 Å². The highest BCUT2D eigenvalue weighted by Crippen LogP contribution is 2.29. The van der Waals surface area contributed by atoms with E-state index in [2.05, 4.69) is 15.1 Å². The van der Waals surface area contributed by atoms with Gasteiger partial charge in [0, 0.05) is 32.5 Å². The lowest BCUT2D eigenvalue weighted by atomic mass is 10.0. The van der Waals surface area contributed by atoms with E-state index < -0.39 is 0 Å². The van der Waals surface area contributed by atoms with Gasteiger partial charge in [-0.15, -0.1) is 10.2 Å². The van der Waals surface area contributed by atoms with Gasteiger partial charge < -0.3 is 9.47 Å². The molecule has 1 saturated heterocycles. The summed E-state index contributed by atoms with van der Waals surface area (Å²) in [5, 5.41) is 8.05. The fraction of sp³-hybridized carbons (Fsp3) is 0.786. The lowest BCUT2D eigenvalue weighted by Gasteiger charge is -2.20. The fourth-order valence-corrected chi connectivity index (χ4v) is 3.38. The largest absolute Gasteiger partial charge is 0.342 e. The number of carbonyl (C=O) groups is 1. The molecule has 1 aliphatic heterocycles. The summed E-state index contributed by atoms with van der Waals surface area (Å²) >= 11 is 0. The van der Waals surface area contributed by atoms with E-state index in [1.165, 1.54) is 12.8 Å². The van der Waals surface area contributed by atoms with Crippen LogP contribution in [0, 0.1) is 11.8 Å². The lowest BCUT2D eigenvalue weighted by molar-refractivity contribution is -0.134. The zero-order chi connectivity index (χ0) is 13.2. The first-order valence-electron chi connectivity index (χ1n) is 7.35. The quantitative estimate of drug-likeness (QED) is 0.827. The zero-order valence-corrected chi connectivity index (χ0v) is 11.6. The standard InChI is InChI=1S/C14H22N4O/c1-17-10-15-16-13(17)8-11-6-7-18(9-11)14(19)12-4-2-3-5-12/h10-12H,2-9H2,1H3. The second kappa shape index (κ2) is 5.31. The number of nitrogens with zero attached hydrogens (tertiary/aromatic N) is 4. The third-order valence-electron chi connectivity index (χ3n) is 4.58. The highest BCUT2D eigenvalue weighted by molar-refractivity contribution is 5.79. The summed E-state index contributed by atoms with van der Waals surface area (Å²) in [5.41, 5.74) is 0. The normalized spacial score (nSPS) is 24.3. The molecule has 0 N–H and O–H groups in total. The van der Waals surface area contributed by atoms with Gasteiger partial charge in [0.2, 0.25) is 5.91 Å². The van der Waals surface area contributed by atoms with E-state index in [0.29, 0.717) is 17.7 Å². The topological polar surface area (TPSA) is 51.0 Å². The third kappa shape index (κ3) is 2.65. The van der Waals surface area contributed by atoms with Gasteiger partial charge in [0.1, 0.15) is 12.2 Å². The van der Waals surface area contributed by atoms with Crippen molar-refractivity contribution in [3.63, 3.8) is 0 Å². The molecular formula is C14H22N4O. The van der Waals surface area contributed by atoms with Crippen LogP contribution < -0.4 is 0 Å². The van der Waals surface area contributed by atoms with Crippen LogP contribution in [0.5, 0.6) is 0 Å². The van der Waals surface area contributed by atoms with Crippen molar-refractivity contribution in [2.24, 2.45) is 18.9 Å².